The smallest absolute Gasteiger partial charge is 0.160 e. The summed E-state index contributed by atoms with van der Waals surface area (Å²) in [5, 5.41) is 8.84. The first-order chi connectivity index (χ1) is 9.86. The third-order valence-electron chi connectivity index (χ3n) is 4.52. The van der Waals surface area contributed by atoms with Crippen molar-refractivity contribution in [2.75, 3.05) is 13.2 Å². The van der Waals surface area contributed by atoms with Crippen molar-refractivity contribution in [3.8, 4) is 6.07 Å². The highest BCUT2D eigenvalue weighted by molar-refractivity contribution is 5.33. The molecule has 3 heteroatoms. The molecule has 0 amide bonds. The molecule has 1 saturated heterocycles. The molecule has 0 bridgehead atoms. The Bertz CT molecular complexity index is 463. The van der Waals surface area contributed by atoms with E-state index in [9.17, 15) is 0 Å². The first-order valence-corrected chi connectivity index (χ1v) is 7.60. The molecular weight excluding hydrogens is 250 g/mol. The van der Waals surface area contributed by atoms with Crippen molar-refractivity contribution in [3.63, 3.8) is 0 Å². The van der Waals surface area contributed by atoms with Crippen LogP contribution in [0.15, 0.2) is 24.3 Å². The van der Waals surface area contributed by atoms with Gasteiger partial charge in [0.2, 0.25) is 0 Å². The molecule has 2 fully saturated rings. The van der Waals surface area contributed by atoms with Crippen LogP contribution in [0.3, 0.4) is 0 Å². The van der Waals surface area contributed by atoms with Crippen LogP contribution in [-0.2, 0) is 9.47 Å². The average Bonchev–Trinajstić information content (AvgIpc) is 2.56. The Hall–Kier alpha value is -1.37. The van der Waals surface area contributed by atoms with Crippen LogP contribution in [0, 0.1) is 17.2 Å². The van der Waals surface area contributed by atoms with Gasteiger partial charge in [0, 0.05) is 5.92 Å². The standard InChI is InChI=1S/C17H21NO2/c18-12-13-2-4-14(5-3-13)15-6-8-16(9-7-15)17-19-10-1-11-20-17/h2-5,15-17H,1,6-11H2. The van der Waals surface area contributed by atoms with Crippen LogP contribution < -0.4 is 0 Å². The molecule has 3 rings (SSSR count). The van der Waals surface area contributed by atoms with Gasteiger partial charge < -0.3 is 9.47 Å². The Kier molecular flexibility index (Phi) is 4.34. The highest BCUT2D eigenvalue weighted by Gasteiger charge is 2.30. The van der Waals surface area contributed by atoms with E-state index in [4.69, 9.17) is 14.7 Å². The molecule has 0 N–H and O–H groups in total. The summed E-state index contributed by atoms with van der Waals surface area (Å²) >= 11 is 0. The fraction of sp³-hybridized carbons (Fsp3) is 0.588. The van der Waals surface area contributed by atoms with Crippen LogP contribution in [0.25, 0.3) is 0 Å². The molecule has 1 aromatic rings. The molecule has 1 aliphatic heterocycles. The molecule has 3 nitrogen and oxygen atoms in total. The van der Waals surface area contributed by atoms with Crippen molar-refractivity contribution in [3.05, 3.63) is 35.4 Å². The van der Waals surface area contributed by atoms with E-state index in [1.807, 2.05) is 12.1 Å². The van der Waals surface area contributed by atoms with E-state index in [2.05, 4.69) is 18.2 Å². The zero-order valence-electron chi connectivity index (χ0n) is 11.8. The first kappa shape index (κ1) is 13.6. The summed E-state index contributed by atoms with van der Waals surface area (Å²) in [6.07, 6.45) is 5.80. The van der Waals surface area contributed by atoms with Crippen LogP contribution in [0.5, 0.6) is 0 Å². The van der Waals surface area contributed by atoms with Gasteiger partial charge in [-0.3, -0.25) is 0 Å². The highest BCUT2D eigenvalue weighted by atomic mass is 16.7. The first-order valence-electron chi connectivity index (χ1n) is 7.60. The van der Waals surface area contributed by atoms with Gasteiger partial charge in [0.25, 0.3) is 0 Å². The summed E-state index contributed by atoms with van der Waals surface area (Å²) in [5.74, 6) is 1.19. The van der Waals surface area contributed by atoms with E-state index in [0.29, 0.717) is 11.8 Å². The second-order valence-corrected chi connectivity index (χ2v) is 5.81. The van der Waals surface area contributed by atoms with Crippen LogP contribution in [0.2, 0.25) is 0 Å². The monoisotopic (exact) mass is 271 g/mol. The number of nitriles is 1. The number of rotatable bonds is 2. The lowest BCUT2D eigenvalue weighted by Gasteiger charge is -2.35. The number of benzene rings is 1. The van der Waals surface area contributed by atoms with Gasteiger partial charge in [-0.2, -0.15) is 5.26 Å². The lowest BCUT2D eigenvalue weighted by Crippen LogP contribution is -2.34. The zero-order chi connectivity index (χ0) is 13.8. The highest BCUT2D eigenvalue weighted by Crippen LogP contribution is 2.38. The lowest BCUT2D eigenvalue weighted by atomic mass is 9.78. The van der Waals surface area contributed by atoms with Gasteiger partial charge in [-0.1, -0.05) is 12.1 Å². The number of hydrogen-bond donors (Lipinski definition) is 0. The minimum Gasteiger partial charge on any atom is -0.352 e. The van der Waals surface area contributed by atoms with E-state index in [1.54, 1.807) is 0 Å². The molecule has 1 heterocycles. The Morgan fingerprint density at radius 2 is 1.60 bits per heavy atom. The summed E-state index contributed by atoms with van der Waals surface area (Å²) < 4.78 is 11.5. The quantitative estimate of drug-likeness (QED) is 0.825. The van der Waals surface area contributed by atoms with E-state index in [0.717, 1.165) is 25.2 Å². The number of nitrogens with zero attached hydrogens (tertiary/aromatic N) is 1. The Labute approximate surface area is 120 Å². The van der Waals surface area contributed by atoms with Gasteiger partial charge >= 0.3 is 0 Å². The molecule has 0 spiro atoms. The Balaban J connectivity index is 1.56. The largest absolute Gasteiger partial charge is 0.352 e. The maximum absolute atomic E-state index is 8.84. The summed E-state index contributed by atoms with van der Waals surface area (Å²) in [7, 11) is 0. The van der Waals surface area contributed by atoms with Crippen molar-refractivity contribution >= 4 is 0 Å². The van der Waals surface area contributed by atoms with Crippen LogP contribution in [-0.4, -0.2) is 19.5 Å². The summed E-state index contributed by atoms with van der Waals surface area (Å²) in [6, 6.07) is 10.2. The van der Waals surface area contributed by atoms with Gasteiger partial charge in [-0.05, 0) is 55.7 Å². The summed E-state index contributed by atoms with van der Waals surface area (Å²) in [6.45, 7) is 1.69. The SMILES string of the molecule is N#Cc1ccc(C2CCC(C3OCCCO3)CC2)cc1. The molecule has 20 heavy (non-hydrogen) atoms. The van der Waals surface area contributed by atoms with E-state index < -0.39 is 0 Å². The maximum atomic E-state index is 8.84. The average molecular weight is 271 g/mol. The van der Waals surface area contributed by atoms with Crippen molar-refractivity contribution in [1.82, 2.24) is 0 Å². The number of hydrogen-bond acceptors (Lipinski definition) is 3. The van der Waals surface area contributed by atoms with Crippen LogP contribution >= 0.6 is 0 Å². The van der Waals surface area contributed by atoms with Crippen LogP contribution in [0.4, 0.5) is 0 Å². The van der Waals surface area contributed by atoms with E-state index in [1.165, 1.54) is 31.2 Å². The molecule has 106 valence electrons. The van der Waals surface area contributed by atoms with Crippen molar-refractivity contribution in [2.45, 2.75) is 44.3 Å². The van der Waals surface area contributed by atoms with E-state index in [-0.39, 0.29) is 6.29 Å². The number of ether oxygens (including phenoxy) is 2. The molecule has 0 radical (unpaired) electrons. The summed E-state index contributed by atoms with van der Waals surface area (Å²) in [5.41, 5.74) is 2.11. The third kappa shape index (κ3) is 3.03. The van der Waals surface area contributed by atoms with Crippen LogP contribution in [0.1, 0.15) is 49.1 Å². The maximum Gasteiger partial charge on any atom is 0.160 e. The van der Waals surface area contributed by atoms with Gasteiger partial charge in [0.15, 0.2) is 6.29 Å². The van der Waals surface area contributed by atoms with Gasteiger partial charge in [-0.25, -0.2) is 0 Å². The second-order valence-electron chi connectivity index (χ2n) is 5.81. The van der Waals surface area contributed by atoms with E-state index >= 15 is 0 Å². The van der Waals surface area contributed by atoms with Gasteiger partial charge in [0.1, 0.15) is 0 Å². The third-order valence-corrected chi connectivity index (χ3v) is 4.52. The van der Waals surface area contributed by atoms with Gasteiger partial charge in [0.05, 0.1) is 24.8 Å². The molecule has 0 atom stereocenters. The minimum absolute atomic E-state index is 0.0330. The predicted molar refractivity (Wildman–Crippen MR) is 76.2 cm³/mol. The Morgan fingerprint density at radius 3 is 2.20 bits per heavy atom. The molecule has 0 unspecified atom stereocenters. The van der Waals surface area contributed by atoms with Crippen molar-refractivity contribution in [2.24, 2.45) is 5.92 Å². The fourth-order valence-electron chi connectivity index (χ4n) is 3.33. The summed E-state index contributed by atoms with van der Waals surface area (Å²) in [4.78, 5) is 0. The second kappa shape index (κ2) is 6.39. The minimum atomic E-state index is 0.0330. The predicted octanol–water partition coefficient (Wildman–Crippen LogP) is 3.60. The van der Waals surface area contributed by atoms with Gasteiger partial charge in [-0.15, -0.1) is 0 Å². The topological polar surface area (TPSA) is 42.2 Å². The van der Waals surface area contributed by atoms with Crippen molar-refractivity contribution in [1.29, 1.82) is 5.26 Å². The normalized spacial score (nSPS) is 27.9. The fourth-order valence-corrected chi connectivity index (χ4v) is 3.33. The molecule has 1 aliphatic carbocycles. The molecular formula is C17H21NO2. The molecule has 2 aliphatic rings. The molecule has 0 aromatic heterocycles. The lowest BCUT2D eigenvalue weighted by molar-refractivity contribution is -0.209. The Morgan fingerprint density at radius 1 is 0.950 bits per heavy atom. The van der Waals surface area contributed by atoms with Crippen molar-refractivity contribution < 1.29 is 9.47 Å². The zero-order valence-corrected chi connectivity index (χ0v) is 11.8. The molecule has 1 saturated carbocycles. The molecule has 1 aromatic carbocycles.